The van der Waals surface area contributed by atoms with Gasteiger partial charge in [0.15, 0.2) is 0 Å². The second kappa shape index (κ2) is 7.67. The quantitative estimate of drug-likeness (QED) is 0.556. The van der Waals surface area contributed by atoms with Gasteiger partial charge in [-0.25, -0.2) is 0 Å². The molecule has 1 atom stereocenters. The molecule has 4 nitrogen and oxygen atoms in total. The maximum absolute atomic E-state index is 12.6. The highest BCUT2D eigenvalue weighted by atomic mass is 16.5. The number of benzene rings is 2. The van der Waals surface area contributed by atoms with Crippen LogP contribution in [0, 0.1) is 18.3 Å². The average molecular weight is 415 g/mol. The Morgan fingerprint density at radius 2 is 1.77 bits per heavy atom. The van der Waals surface area contributed by atoms with E-state index in [0.29, 0.717) is 5.91 Å². The lowest BCUT2D eigenvalue weighted by atomic mass is 9.98. The maximum atomic E-state index is 12.6. The van der Waals surface area contributed by atoms with Gasteiger partial charge in [-0.3, -0.25) is 9.78 Å². The van der Waals surface area contributed by atoms with E-state index in [9.17, 15) is 4.79 Å². The van der Waals surface area contributed by atoms with Gasteiger partial charge in [0.25, 0.3) is 0 Å². The zero-order chi connectivity index (χ0) is 21.6. The molecule has 1 aromatic heterocycles. The molecule has 3 aromatic rings. The van der Waals surface area contributed by atoms with Crippen molar-refractivity contribution in [3.05, 3.63) is 60.3 Å². The summed E-state index contributed by atoms with van der Waals surface area (Å²) < 4.78 is 6.24. The third-order valence-corrected chi connectivity index (χ3v) is 7.06. The molecule has 5 rings (SSSR count). The number of pyridine rings is 1. The van der Waals surface area contributed by atoms with Gasteiger partial charge in [0, 0.05) is 43.4 Å². The number of amides is 1. The Hall–Kier alpha value is -2.88. The van der Waals surface area contributed by atoms with Gasteiger partial charge in [0.05, 0.1) is 5.52 Å². The number of likely N-dealkylation sites (tertiary alicyclic amines) is 1. The number of aromatic nitrogens is 1. The number of aryl methyl sites for hydroxylation is 1. The molecular weight excluding hydrogens is 384 g/mol. The first kappa shape index (κ1) is 20.0. The van der Waals surface area contributed by atoms with Crippen LogP contribution in [0.4, 0.5) is 0 Å². The fourth-order valence-corrected chi connectivity index (χ4v) is 4.81. The molecular formula is C27H30N2O2. The van der Waals surface area contributed by atoms with Gasteiger partial charge in [-0.1, -0.05) is 44.2 Å². The summed E-state index contributed by atoms with van der Waals surface area (Å²) >= 11 is 0. The molecule has 1 saturated carbocycles. The Labute approximate surface area is 184 Å². The van der Waals surface area contributed by atoms with Crippen LogP contribution in [0.25, 0.3) is 22.0 Å². The fourth-order valence-electron chi connectivity index (χ4n) is 4.81. The number of nitrogens with zero attached hydrogens (tertiary/aromatic N) is 2. The molecule has 2 aromatic carbocycles. The topological polar surface area (TPSA) is 42.4 Å². The predicted molar refractivity (Wildman–Crippen MR) is 124 cm³/mol. The smallest absolute Gasteiger partial charge is 0.226 e. The molecule has 2 fully saturated rings. The molecule has 31 heavy (non-hydrogen) atoms. The number of carbonyl (C=O) groups excluding carboxylic acids is 1. The number of fused-ring (bicyclic) bond motifs is 1. The number of hydrogen-bond donors (Lipinski definition) is 0. The van der Waals surface area contributed by atoms with Crippen molar-refractivity contribution in [3.8, 4) is 16.9 Å². The average Bonchev–Trinajstić information content (AvgIpc) is 3.43. The Kier molecular flexibility index (Phi) is 4.96. The van der Waals surface area contributed by atoms with Crippen molar-refractivity contribution < 1.29 is 9.53 Å². The Balaban J connectivity index is 1.22. The lowest BCUT2D eigenvalue weighted by Crippen LogP contribution is -2.42. The van der Waals surface area contributed by atoms with E-state index in [2.05, 4.69) is 68.2 Å². The Morgan fingerprint density at radius 1 is 1.06 bits per heavy atom. The Morgan fingerprint density at radius 3 is 2.45 bits per heavy atom. The number of rotatable bonds is 4. The van der Waals surface area contributed by atoms with Crippen LogP contribution < -0.4 is 4.74 Å². The number of carbonyl (C=O) groups is 1. The van der Waals surface area contributed by atoms with Crippen LogP contribution in [0.3, 0.4) is 0 Å². The molecule has 2 heterocycles. The summed E-state index contributed by atoms with van der Waals surface area (Å²) in [7, 11) is 0. The second-order valence-electron chi connectivity index (χ2n) is 9.73. The summed E-state index contributed by atoms with van der Waals surface area (Å²) in [6.07, 6.45) is 4.85. The van der Waals surface area contributed by atoms with Crippen molar-refractivity contribution in [1.29, 1.82) is 0 Å². The summed E-state index contributed by atoms with van der Waals surface area (Å²) in [5.74, 6) is 1.47. The fraction of sp³-hybridized carbons (Fsp3) is 0.407. The Bertz CT molecular complexity index is 1110. The van der Waals surface area contributed by atoms with Gasteiger partial charge in [-0.15, -0.1) is 0 Å². The minimum Gasteiger partial charge on any atom is -0.490 e. The van der Waals surface area contributed by atoms with Crippen LogP contribution >= 0.6 is 0 Å². The van der Waals surface area contributed by atoms with E-state index in [1.807, 2.05) is 17.2 Å². The molecule has 0 N–H and O–H groups in total. The van der Waals surface area contributed by atoms with Crippen molar-refractivity contribution >= 4 is 16.8 Å². The molecule has 1 aliphatic heterocycles. The predicted octanol–water partition coefficient (Wildman–Crippen LogP) is 5.63. The van der Waals surface area contributed by atoms with Crippen LogP contribution in [-0.2, 0) is 4.79 Å². The van der Waals surface area contributed by atoms with Crippen LogP contribution in [0.15, 0.2) is 54.7 Å². The molecule has 0 spiro atoms. The van der Waals surface area contributed by atoms with Crippen molar-refractivity contribution in [2.24, 2.45) is 11.3 Å². The van der Waals surface area contributed by atoms with E-state index in [-0.39, 0.29) is 17.4 Å². The molecule has 0 bridgehead atoms. The molecule has 1 aliphatic carbocycles. The van der Waals surface area contributed by atoms with E-state index >= 15 is 0 Å². The summed E-state index contributed by atoms with van der Waals surface area (Å²) in [6, 6.07) is 16.7. The van der Waals surface area contributed by atoms with Gasteiger partial charge >= 0.3 is 0 Å². The summed E-state index contributed by atoms with van der Waals surface area (Å²) in [6.45, 7) is 8.11. The van der Waals surface area contributed by atoms with Crippen molar-refractivity contribution in [2.75, 3.05) is 13.1 Å². The second-order valence-corrected chi connectivity index (χ2v) is 9.73. The van der Waals surface area contributed by atoms with Gasteiger partial charge in [0.1, 0.15) is 11.9 Å². The van der Waals surface area contributed by atoms with E-state index in [1.54, 1.807) is 0 Å². The highest BCUT2D eigenvalue weighted by Gasteiger charge is 2.52. The summed E-state index contributed by atoms with van der Waals surface area (Å²) in [5, 5.41) is 1.17. The molecule has 1 saturated heterocycles. The molecule has 0 unspecified atom stereocenters. The van der Waals surface area contributed by atoms with Gasteiger partial charge in [-0.05, 0) is 53.6 Å². The normalized spacial score (nSPS) is 20.6. The monoisotopic (exact) mass is 414 g/mol. The largest absolute Gasteiger partial charge is 0.490 e. The van der Waals surface area contributed by atoms with E-state index in [0.717, 1.165) is 43.6 Å². The van der Waals surface area contributed by atoms with Crippen molar-refractivity contribution in [2.45, 2.75) is 46.1 Å². The summed E-state index contributed by atoms with van der Waals surface area (Å²) in [5.41, 5.74) is 4.82. The molecule has 2 aliphatic rings. The van der Waals surface area contributed by atoms with Crippen LogP contribution in [0.1, 0.15) is 38.7 Å². The number of hydrogen-bond acceptors (Lipinski definition) is 3. The highest BCUT2D eigenvalue weighted by molar-refractivity contribution is 5.88. The van der Waals surface area contributed by atoms with E-state index in [1.165, 1.54) is 22.1 Å². The first-order valence-corrected chi connectivity index (χ1v) is 11.3. The first-order chi connectivity index (χ1) is 14.9. The molecule has 1 amide bonds. The first-order valence-electron chi connectivity index (χ1n) is 11.3. The SMILES string of the molecule is Cc1c(-c2ccc(OC3CCN(C(=O)[C@H]4CC4(C)C)CC3)cc2)ccc2cccnc12. The molecule has 160 valence electrons. The lowest BCUT2D eigenvalue weighted by Gasteiger charge is -2.32. The standard InChI is InChI=1S/C27H30N2O2/c1-18-23(11-8-20-5-4-14-28-25(18)20)19-6-9-21(10-7-19)31-22-12-15-29(16-13-22)26(30)24-17-27(24,2)3/h4-11,14,22,24H,12-13,15-17H2,1-3H3/t24-/m1/s1. The van der Waals surface area contributed by atoms with Gasteiger partial charge in [-0.2, -0.15) is 0 Å². The number of ether oxygens (including phenoxy) is 1. The van der Waals surface area contributed by atoms with Crippen LogP contribution in [-0.4, -0.2) is 35.0 Å². The molecule has 0 radical (unpaired) electrons. The maximum Gasteiger partial charge on any atom is 0.226 e. The zero-order valence-corrected chi connectivity index (χ0v) is 18.6. The summed E-state index contributed by atoms with van der Waals surface area (Å²) in [4.78, 5) is 19.2. The molecule has 4 heteroatoms. The third kappa shape index (κ3) is 3.91. The van der Waals surface area contributed by atoms with E-state index in [4.69, 9.17) is 4.74 Å². The minimum atomic E-state index is 0.175. The van der Waals surface area contributed by atoms with Gasteiger partial charge in [0.2, 0.25) is 5.91 Å². The third-order valence-electron chi connectivity index (χ3n) is 7.06. The van der Waals surface area contributed by atoms with Crippen molar-refractivity contribution in [3.63, 3.8) is 0 Å². The highest BCUT2D eigenvalue weighted by Crippen LogP contribution is 2.52. The minimum absolute atomic E-state index is 0.175. The van der Waals surface area contributed by atoms with E-state index < -0.39 is 0 Å². The van der Waals surface area contributed by atoms with Gasteiger partial charge < -0.3 is 9.64 Å². The van der Waals surface area contributed by atoms with Crippen LogP contribution in [0.5, 0.6) is 5.75 Å². The number of piperidine rings is 1. The van der Waals surface area contributed by atoms with Crippen LogP contribution in [0.2, 0.25) is 0 Å². The van der Waals surface area contributed by atoms with Crippen molar-refractivity contribution in [1.82, 2.24) is 9.88 Å². The lowest BCUT2D eigenvalue weighted by molar-refractivity contribution is -0.135. The zero-order valence-electron chi connectivity index (χ0n) is 18.6.